The van der Waals surface area contributed by atoms with Crippen LogP contribution in [0.1, 0.15) is 30.1 Å². The van der Waals surface area contributed by atoms with Crippen molar-refractivity contribution < 1.29 is 18.3 Å². The van der Waals surface area contributed by atoms with Crippen LogP contribution in [-0.2, 0) is 0 Å². The largest absolute Gasteiger partial charge is 0.422 e. The molecule has 2 aromatic carbocycles. The zero-order valence-corrected chi connectivity index (χ0v) is 17.0. The Bertz CT molecular complexity index is 1100. The Morgan fingerprint density at radius 3 is 2.80 bits per heavy atom. The van der Waals surface area contributed by atoms with Gasteiger partial charge in [0.2, 0.25) is 0 Å². The third-order valence-electron chi connectivity index (χ3n) is 5.27. The second-order valence-electron chi connectivity index (χ2n) is 7.38. The van der Waals surface area contributed by atoms with E-state index in [9.17, 15) is 18.3 Å². The van der Waals surface area contributed by atoms with Crippen LogP contribution >= 0.6 is 11.8 Å². The summed E-state index contributed by atoms with van der Waals surface area (Å²) in [4.78, 5) is 13.4. The van der Waals surface area contributed by atoms with Gasteiger partial charge in [-0.3, -0.25) is 4.99 Å². The number of aromatic nitrogens is 2. The van der Waals surface area contributed by atoms with E-state index in [0.717, 1.165) is 10.5 Å². The summed E-state index contributed by atoms with van der Waals surface area (Å²) >= 11 is 1.63. The van der Waals surface area contributed by atoms with Crippen molar-refractivity contribution in [1.82, 2.24) is 9.97 Å². The summed E-state index contributed by atoms with van der Waals surface area (Å²) in [5, 5.41) is 11.2. The van der Waals surface area contributed by atoms with Crippen molar-refractivity contribution in [2.45, 2.75) is 42.4 Å². The summed E-state index contributed by atoms with van der Waals surface area (Å²) in [6, 6.07) is 12.4. The molecule has 8 heteroatoms. The van der Waals surface area contributed by atoms with E-state index >= 15 is 0 Å². The summed E-state index contributed by atoms with van der Waals surface area (Å²) in [5.41, 5.74) is -1.32. The van der Waals surface area contributed by atoms with Gasteiger partial charge in [0.25, 0.3) is 0 Å². The van der Waals surface area contributed by atoms with E-state index in [4.69, 9.17) is 0 Å². The van der Waals surface area contributed by atoms with Crippen LogP contribution in [-0.4, -0.2) is 38.8 Å². The molecule has 0 aliphatic carbocycles. The zero-order chi connectivity index (χ0) is 21.4. The van der Waals surface area contributed by atoms with Crippen LogP contribution in [0.25, 0.3) is 10.9 Å². The van der Waals surface area contributed by atoms with E-state index in [1.54, 1.807) is 36.9 Å². The van der Waals surface area contributed by atoms with E-state index in [2.05, 4.69) is 15.0 Å². The first kappa shape index (κ1) is 20.8. The van der Waals surface area contributed by atoms with Gasteiger partial charge in [0.05, 0.1) is 11.2 Å². The lowest BCUT2D eigenvalue weighted by Gasteiger charge is -2.33. The quantitative estimate of drug-likeness (QED) is 0.546. The molecule has 4 nitrogen and oxygen atoms in total. The van der Waals surface area contributed by atoms with Gasteiger partial charge < -0.3 is 5.11 Å². The number of aryl methyl sites for hydroxylation is 1. The van der Waals surface area contributed by atoms with Crippen LogP contribution in [0.3, 0.4) is 0 Å². The summed E-state index contributed by atoms with van der Waals surface area (Å²) in [5.74, 6) is 0.871. The zero-order valence-electron chi connectivity index (χ0n) is 16.2. The second kappa shape index (κ2) is 8.00. The van der Waals surface area contributed by atoms with Crippen molar-refractivity contribution in [3.8, 4) is 0 Å². The minimum atomic E-state index is -4.85. The van der Waals surface area contributed by atoms with E-state index < -0.39 is 24.1 Å². The fourth-order valence-corrected chi connectivity index (χ4v) is 4.86. The van der Waals surface area contributed by atoms with Gasteiger partial charge in [-0.25, -0.2) is 9.97 Å². The van der Waals surface area contributed by atoms with E-state index in [1.165, 1.54) is 6.20 Å². The first-order chi connectivity index (χ1) is 14.3. The first-order valence-electron chi connectivity index (χ1n) is 9.55. The minimum absolute atomic E-state index is 0.287. The second-order valence-corrected chi connectivity index (χ2v) is 8.52. The monoisotopic (exact) mass is 431 g/mol. The maximum Gasteiger partial charge on any atom is 0.422 e. The summed E-state index contributed by atoms with van der Waals surface area (Å²) in [6.45, 7) is 1.73. The molecule has 1 aliphatic rings. The predicted octanol–water partition coefficient (Wildman–Crippen LogP) is 5.60. The molecule has 1 N–H and O–H groups in total. The number of thioether (sulfide) groups is 1. The van der Waals surface area contributed by atoms with Crippen molar-refractivity contribution in [2.75, 3.05) is 5.75 Å². The van der Waals surface area contributed by atoms with Crippen LogP contribution in [0.4, 0.5) is 18.9 Å². The third-order valence-corrected chi connectivity index (χ3v) is 6.39. The molecule has 4 rings (SSSR count). The maximum atomic E-state index is 13.9. The van der Waals surface area contributed by atoms with Gasteiger partial charge in [-0.2, -0.15) is 13.2 Å². The molecule has 30 heavy (non-hydrogen) atoms. The average molecular weight is 431 g/mol. The fourth-order valence-electron chi connectivity index (χ4n) is 3.67. The molecule has 1 aliphatic heterocycles. The van der Waals surface area contributed by atoms with Crippen LogP contribution in [0, 0.1) is 6.92 Å². The molecule has 156 valence electrons. The molecule has 0 bridgehead atoms. The Hall–Kier alpha value is -2.45. The van der Waals surface area contributed by atoms with Crippen molar-refractivity contribution in [1.29, 1.82) is 0 Å². The molecule has 0 saturated carbocycles. The Morgan fingerprint density at radius 1 is 1.20 bits per heavy atom. The molecule has 0 radical (unpaired) electrons. The molecule has 0 amide bonds. The fraction of sp³-hybridized carbons (Fsp3) is 0.318. The molecule has 0 fully saturated rings. The van der Waals surface area contributed by atoms with Gasteiger partial charge in [0, 0.05) is 22.7 Å². The number of rotatable bonds is 4. The lowest BCUT2D eigenvalue weighted by molar-refractivity contribution is -0.232. The van der Waals surface area contributed by atoms with Crippen molar-refractivity contribution in [3.63, 3.8) is 0 Å². The Kier molecular flexibility index (Phi) is 5.55. The van der Waals surface area contributed by atoms with Gasteiger partial charge in [-0.05, 0) is 55.2 Å². The van der Waals surface area contributed by atoms with Gasteiger partial charge in [0.1, 0.15) is 5.82 Å². The molecule has 0 spiro atoms. The molecule has 2 atom stereocenters. The van der Waals surface area contributed by atoms with Crippen LogP contribution in [0.2, 0.25) is 0 Å². The van der Waals surface area contributed by atoms with Crippen molar-refractivity contribution in [2.24, 2.45) is 4.99 Å². The number of nitrogens with zero attached hydrogens (tertiary/aromatic N) is 3. The average Bonchev–Trinajstić information content (AvgIpc) is 2.71. The lowest BCUT2D eigenvalue weighted by atomic mass is 9.84. The van der Waals surface area contributed by atoms with Crippen molar-refractivity contribution in [3.05, 3.63) is 60.0 Å². The number of fused-ring (bicyclic) bond motifs is 2. The summed E-state index contributed by atoms with van der Waals surface area (Å²) in [7, 11) is 0. The third kappa shape index (κ3) is 4.06. The minimum Gasteiger partial charge on any atom is -0.376 e. The summed E-state index contributed by atoms with van der Waals surface area (Å²) in [6.07, 6.45) is -2.60. The molecule has 3 aromatic rings. The predicted molar refractivity (Wildman–Crippen MR) is 113 cm³/mol. The standard InChI is InChI=1S/C22H20F3N3OS/c1-14-26-12-17-18(6-4-7-19(17)28-14)27-13-21(29,22(23,24)25)11-15-9-10-30-20-8-3-2-5-16(15)20/h2-8,12-13,15,29H,9-11H2,1H3/b27-13+. The topological polar surface area (TPSA) is 58.4 Å². The van der Waals surface area contributed by atoms with Crippen molar-refractivity contribution >= 4 is 34.6 Å². The number of hydrogen-bond donors (Lipinski definition) is 1. The molecule has 0 saturated heterocycles. The Labute approximate surface area is 176 Å². The normalized spacial score (nSPS) is 19.0. The maximum absolute atomic E-state index is 13.9. The van der Waals surface area contributed by atoms with Crippen LogP contribution in [0.5, 0.6) is 0 Å². The molecular weight excluding hydrogens is 411 g/mol. The Morgan fingerprint density at radius 2 is 2.00 bits per heavy atom. The first-order valence-corrected chi connectivity index (χ1v) is 10.5. The molecule has 2 unspecified atom stereocenters. The van der Waals surface area contributed by atoms with Crippen LogP contribution < -0.4 is 0 Å². The molecule has 2 heterocycles. The molecular formula is C22H20F3N3OS. The van der Waals surface area contributed by atoms with Gasteiger partial charge in [-0.15, -0.1) is 11.8 Å². The highest BCUT2D eigenvalue weighted by atomic mass is 32.2. The van der Waals surface area contributed by atoms with Gasteiger partial charge >= 0.3 is 6.18 Å². The highest BCUT2D eigenvalue weighted by Gasteiger charge is 2.54. The van der Waals surface area contributed by atoms with Crippen LogP contribution in [0.15, 0.2) is 58.5 Å². The Balaban J connectivity index is 1.69. The SMILES string of the molecule is Cc1ncc2c(/N=C/C(O)(CC3CCSc4ccccc43)C(F)(F)F)cccc2n1. The van der Waals surface area contributed by atoms with E-state index in [-0.39, 0.29) is 5.69 Å². The van der Waals surface area contributed by atoms with Gasteiger partial charge in [0.15, 0.2) is 5.60 Å². The highest BCUT2D eigenvalue weighted by Crippen LogP contribution is 2.44. The number of aliphatic imine (C=N–C) groups is 1. The number of halogens is 3. The van der Waals surface area contributed by atoms with E-state index in [1.807, 2.05) is 24.3 Å². The smallest absolute Gasteiger partial charge is 0.376 e. The number of alkyl halides is 3. The number of hydrogen-bond acceptors (Lipinski definition) is 5. The highest BCUT2D eigenvalue weighted by molar-refractivity contribution is 7.99. The number of aliphatic hydroxyl groups is 1. The number of benzene rings is 2. The lowest BCUT2D eigenvalue weighted by Crippen LogP contribution is -2.48. The summed E-state index contributed by atoms with van der Waals surface area (Å²) < 4.78 is 41.8. The van der Waals surface area contributed by atoms with Gasteiger partial charge in [-0.1, -0.05) is 24.3 Å². The molecule has 1 aromatic heterocycles. The van der Waals surface area contributed by atoms with E-state index in [0.29, 0.717) is 35.1 Å².